The van der Waals surface area contributed by atoms with Crippen LogP contribution in [0.1, 0.15) is 25.3 Å². The van der Waals surface area contributed by atoms with Crippen molar-refractivity contribution in [3.8, 4) is 6.07 Å². The largest absolute Gasteiger partial charge is 0.381 e. The Bertz CT molecular complexity index is 390. The lowest BCUT2D eigenvalue weighted by atomic mass is 9.93. The molecule has 1 aliphatic rings. The minimum atomic E-state index is 0.388. The molecule has 0 aliphatic carbocycles. The smallest absolute Gasteiger partial charge is 0.126 e. The summed E-state index contributed by atoms with van der Waals surface area (Å²) in [4.78, 5) is 4.22. The first-order chi connectivity index (χ1) is 8.29. The number of ether oxygens (including phenoxy) is 1. The first-order valence-electron chi connectivity index (χ1n) is 6.00. The normalized spacial score (nSPS) is 18.4. The molecule has 0 saturated carbocycles. The number of nitriles is 1. The lowest BCUT2D eigenvalue weighted by Gasteiger charge is -2.28. The summed E-state index contributed by atoms with van der Waals surface area (Å²) in [5.74, 6) is 1.48. The summed E-state index contributed by atoms with van der Waals surface area (Å²) < 4.78 is 5.35. The van der Waals surface area contributed by atoms with E-state index in [4.69, 9.17) is 10.00 Å². The van der Waals surface area contributed by atoms with Gasteiger partial charge >= 0.3 is 0 Å². The quantitative estimate of drug-likeness (QED) is 0.866. The molecule has 1 atom stereocenters. The van der Waals surface area contributed by atoms with Crippen LogP contribution >= 0.6 is 0 Å². The van der Waals surface area contributed by atoms with E-state index in [9.17, 15) is 0 Å². The fraction of sp³-hybridized carbons (Fsp3) is 0.538. The predicted octanol–water partition coefficient (Wildman–Crippen LogP) is 2.18. The highest BCUT2D eigenvalue weighted by molar-refractivity contribution is 5.39. The zero-order chi connectivity index (χ0) is 12.1. The van der Waals surface area contributed by atoms with Crippen molar-refractivity contribution in [3.63, 3.8) is 0 Å². The van der Waals surface area contributed by atoms with Crippen LogP contribution < -0.4 is 5.32 Å². The third kappa shape index (κ3) is 3.18. The van der Waals surface area contributed by atoms with E-state index in [2.05, 4.69) is 23.3 Å². The maximum Gasteiger partial charge on any atom is 0.126 e. The van der Waals surface area contributed by atoms with Crippen LogP contribution in [0.2, 0.25) is 0 Å². The van der Waals surface area contributed by atoms with Crippen LogP contribution in [0.5, 0.6) is 0 Å². The topological polar surface area (TPSA) is 57.9 Å². The van der Waals surface area contributed by atoms with Crippen LogP contribution in [0.15, 0.2) is 18.3 Å². The number of nitrogens with one attached hydrogen (secondary N) is 1. The Labute approximate surface area is 102 Å². The van der Waals surface area contributed by atoms with Gasteiger partial charge in [-0.05, 0) is 37.8 Å². The summed E-state index contributed by atoms with van der Waals surface area (Å²) in [6, 6.07) is 6.09. The highest BCUT2D eigenvalue weighted by atomic mass is 16.5. The monoisotopic (exact) mass is 231 g/mol. The van der Waals surface area contributed by atoms with Crippen molar-refractivity contribution in [2.24, 2.45) is 5.92 Å². The van der Waals surface area contributed by atoms with Gasteiger partial charge in [-0.25, -0.2) is 4.98 Å². The van der Waals surface area contributed by atoms with Gasteiger partial charge < -0.3 is 10.1 Å². The van der Waals surface area contributed by atoms with Gasteiger partial charge in [-0.1, -0.05) is 0 Å². The van der Waals surface area contributed by atoms with Crippen molar-refractivity contribution in [2.75, 3.05) is 18.5 Å². The molecular formula is C13H17N3O. The molecule has 4 heteroatoms. The van der Waals surface area contributed by atoms with E-state index in [1.165, 1.54) is 0 Å². The van der Waals surface area contributed by atoms with Crippen molar-refractivity contribution >= 4 is 5.82 Å². The Morgan fingerprint density at radius 3 is 2.82 bits per heavy atom. The highest BCUT2D eigenvalue weighted by Crippen LogP contribution is 2.21. The van der Waals surface area contributed by atoms with Gasteiger partial charge in [-0.2, -0.15) is 5.26 Å². The molecule has 0 aromatic carbocycles. The number of pyridine rings is 1. The third-order valence-electron chi connectivity index (χ3n) is 3.24. The standard InChI is InChI=1S/C13H17N3O/c1-10(12-4-6-17-7-5-12)16-13-3-2-11(8-14)9-15-13/h2-3,9-10,12H,4-7H2,1H3,(H,15,16). The summed E-state index contributed by atoms with van der Waals surface area (Å²) in [7, 11) is 0. The Morgan fingerprint density at radius 1 is 1.47 bits per heavy atom. The third-order valence-corrected chi connectivity index (χ3v) is 3.24. The van der Waals surface area contributed by atoms with Gasteiger partial charge in [0.25, 0.3) is 0 Å². The number of hydrogen-bond donors (Lipinski definition) is 1. The van der Waals surface area contributed by atoms with Gasteiger partial charge in [-0.3, -0.25) is 0 Å². The SMILES string of the molecule is CC(Nc1ccc(C#N)cn1)C1CCOCC1. The molecular weight excluding hydrogens is 214 g/mol. The molecule has 0 bridgehead atoms. The molecule has 1 aromatic rings. The maximum atomic E-state index is 8.69. The molecule has 1 fully saturated rings. The molecule has 1 saturated heterocycles. The fourth-order valence-corrected chi connectivity index (χ4v) is 2.11. The van der Waals surface area contributed by atoms with Gasteiger partial charge in [0.1, 0.15) is 11.9 Å². The minimum absolute atomic E-state index is 0.388. The van der Waals surface area contributed by atoms with E-state index in [-0.39, 0.29) is 0 Å². The van der Waals surface area contributed by atoms with Crippen molar-refractivity contribution < 1.29 is 4.74 Å². The van der Waals surface area contributed by atoms with Crippen LogP contribution in [0.3, 0.4) is 0 Å². The van der Waals surface area contributed by atoms with Crippen LogP contribution in [0.4, 0.5) is 5.82 Å². The highest BCUT2D eigenvalue weighted by Gasteiger charge is 2.20. The van der Waals surface area contributed by atoms with Gasteiger partial charge in [-0.15, -0.1) is 0 Å². The number of aromatic nitrogens is 1. The van der Waals surface area contributed by atoms with Crippen molar-refractivity contribution in [1.29, 1.82) is 5.26 Å². The molecule has 90 valence electrons. The van der Waals surface area contributed by atoms with Crippen LogP contribution in [-0.2, 0) is 4.74 Å². The van der Waals surface area contributed by atoms with E-state index in [1.807, 2.05) is 6.07 Å². The summed E-state index contributed by atoms with van der Waals surface area (Å²) in [6.45, 7) is 3.89. The zero-order valence-electron chi connectivity index (χ0n) is 10.0. The Balaban J connectivity index is 1.92. The van der Waals surface area contributed by atoms with Crippen LogP contribution in [-0.4, -0.2) is 24.2 Å². The van der Waals surface area contributed by atoms with Crippen molar-refractivity contribution in [3.05, 3.63) is 23.9 Å². The van der Waals surface area contributed by atoms with Gasteiger partial charge in [0.05, 0.1) is 5.56 Å². The molecule has 1 N–H and O–H groups in total. The molecule has 1 aromatic heterocycles. The number of nitrogens with zero attached hydrogens (tertiary/aromatic N) is 2. The Morgan fingerprint density at radius 2 is 2.24 bits per heavy atom. The molecule has 1 unspecified atom stereocenters. The van der Waals surface area contributed by atoms with E-state index < -0.39 is 0 Å². The van der Waals surface area contributed by atoms with E-state index in [0.717, 1.165) is 31.9 Å². The van der Waals surface area contributed by atoms with Gasteiger partial charge in [0.2, 0.25) is 0 Å². The predicted molar refractivity (Wildman–Crippen MR) is 65.6 cm³/mol. The average molecular weight is 231 g/mol. The average Bonchev–Trinajstić information content (AvgIpc) is 2.40. The second-order valence-corrected chi connectivity index (χ2v) is 4.43. The summed E-state index contributed by atoms with van der Waals surface area (Å²) >= 11 is 0. The molecule has 2 rings (SSSR count). The molecule has 2 heterocycles. The second-order valence-electron chi connectivity index (χ2n) is 4.43. The molecule has 4 nitrogen and oxygen atoms in total. The lowest BCUT2D eigenvalue weighted by Crippen LogP contribution is -2.31. The van der Waals surface area contributed by atoms with E-state index in [1.54, 1.807) is 12.3 Å². The molecule has 0 radical (unpaired) electrons. The fourth-order valence-electron chi connectivity index (χ4n) is 2.11. The second kappa shape index (κ2) is 5.65. The maximum absolute atomic E-state index is 8.69. The Hall–Kier alpha value is -1.60. The van der Waals surface area contributed by atoms with Gasteiger partial charge in [0, 0.05) is 25.5 Å². The zero-order valence-corrected chi connectivity index (χ0v) is 10.0. The summed E-state index contributed by atoms with van der Waals surface area (Å²) in [5.41, 5.74) is 0.592. The number of hydrogen-bond acceptors (Lipinski definition) is 4. The number of anilines is 1. The summed E-state index contributed by atoms with van der Waals surface area (Å²) in [5, 5.41) is 12.1. The van der Waals surface area contributed by atoms with Crippen LogP contribution in [0, 0.1) is 17.2 Å². The lowest BCUT2D eigenvalue weighted by molar-refractivity contribution is 0.0622. The molecule has 0 spiro atoms. The summed E-state index contributed by atoms with van der Waals surface area (Å²) in [6.07, 6.45) is 3.80. The van der Waals surface area contributed by atoms with E-state index >= 15 is 0 Å². The molecule has 0 amide bonds. The van der Waals surface area contributed by atoms with Gasteiger partial charge in [0.15, 0.2) is 0 Å². The first kappa shape index (κ1) is 11.9. The number of rotatable bonds is 3. The van der Waals surface area contributed by atoms with E-state index in [0.29, 0.717) is 17.5 Å². The molecule has 1 aliphatic heterocycles. The first-order valence-corrected chi connectivity index (χ1v) is 6.00. The van der Waals surface area contributed by atoms with Crippen molar-refractivity contribution in [2.45, 2.75) is 25.8 Å². The minimum Gasteiger partial charge on any atom is -0.381 e. The Kier molecular flexibility index (Phi) is 3.94. The van der Waals surface area contributed by atoms with Crippen molar-refractivity contribution in [1.82, 2.24) is 4.98 Å². The molecule has 17 heavy (non-hydrogen) atoms. The van der Waals surface area contributed by atoms with Crippen LogP contribution in [0.25, 0.3) is 0 Å².